The molecule has 118 valence electrons. The molecule has 5 heteroatoms. The third-order valence-corrected chi connectivity index (χ3v) is 3.32. The van der Waals surface area contributed by atoms with Gasteiger partial charge in [-0.2, -0.15) is 0 Å². The third-order valence-electron chi connectivity index (χ3n) is 3.32. The van der Waals surface area contributed by atoms with Crippen LogP contribution in [0, 0.1) is 6.92 Å². The van der Waals surface area contributed by atoms with E-state index in [2.05, 4.69) is 5.32 Å². The lowest BCUT2D eigenvalue weighted by molar-refractivity contribution is 0.0696. The fraction of sp³-hybridized carbons (Fsp3) is 0.111. The Kier molecular flexibility index (Phi) is 5.15. The highest BCUT2D eigenvalue weighted by Gasteiger charge is 2.05. The Morgan fingerprint density at radius 2 is 1.74 bits per heavy atom. The molecule has 2 rings (SSSR count). The zero-order chi connectivity index (χ0) is 16.8. The molecule has 0 atom stereocenters. The molecule has 2 aromatic carbocycles. The van der Waals surface area contributed by atoms with E-state index in [0.717, 1.165) is 11.3 Å². The summed E-state index contributed by atoms with van der Waals surface area (Å²) in [7, 11) is 1.57. The smallest absolute Gasteiger partial charge is 0.335 e. The van der Waals surface area contributed by atoms with Crippen LogP contribution < -0.4 is 10.1 Å². The van der Waals surface area contributed by atoms with Crippen LogP contribution in [-0.2, 0) is 0 Å². The van der Waals surface area contributed by atoms with Gasteiger partial charge in [-0.25, -0.2) is 4.79 Å². The number of allylic oxidation sites excluding steroid dienone is 1. The van der Waals surface area contributed by atoms with Crippen molar-refractivity contribution in [1.29, 1.82) is 0 Å². The van der Waals surface area contributed by atoms with Gasteiger partial charge in [0.15, 0.2) is 5.78 Å². The molecule has 0 fully saturated rings. The minimum absolute atomic E-state index is 0.139. The van der Waals surface area contributed by atoms with Gasteiger partial charge in [0.05, 0.1) is 12.7 Å². The monoisotopic (exact) mass is 311 g/mol. The second-order valence-corrected chi connectivity index (χ2v) is 4.91. The van der Waals surface area contributed by atoms with E-state index in [9.17, 15) is 9.59 Å². The number of hydrogen-bond acceptors (Lipinski definition) is 4. The van der Waals surface area contributed by atoms with E-state index in [1.54, 1.807) is 50.4 Å². The van der Waals surface area contributed by atoms with Gasteiger partial charge < -0.3 is 15.2 Å². The van der Waals surface area contributed by atoms with Crippen LogP contribution in [0.1, 0.15) is 26.3 Å². The first-order valence-corrected chi connectivity index (χ1v) is 6.96. The maximum absolute atomic E-state index is 12.0. The van der Waals surface area contributed by atoms with Gasteiger partial charge in [0.25, 0.3) is 0 Å². The number of ketones is 1. The van der Waals surface area contributed by atoms with Gasteiger partial charge in [0.2, 0.25) is 0 Å². The summed E-state index contributed by atoms with van der Waals surface area (Å²) in [5.41, 5.74) is 2.31. The lowest BCUT2D eigenvalue weighted by atomic mass is 10.1. The summed E-state index contributed by atoms with van der Waals surface area (Å²) in [6, 6.07) is 11.6. The lowest BCUT2D eigenvalue weighted by Gasteiger charge is -2.06. The highest BCUT2D eigenvalue weighted by atomic mass is 16.5. The van der Waals surface area contributed by atoms with Crippen molar-refractivity contribution in [2.24, 2.45) is 0 Å². The second-order valence-electron chi connectivity index (χ2n) is 4.91. The standard InChI is InChI=1S/C18H17NO4/c1-12-11-14(18(21)22)5-8-16(12)19-10-9-17(20)13-3-6-15(23-2)7-4-13/h3-11,19H,1-2H3,(H,21,22)/b10-9+. The van der Waals surface area contributed by atoms with E-state index < -0.39 is 5.97 Å². The second kappa shape index (κ2) is 7.26. The average Bonchev–Trinajstić information content (AvgIpc) is 2.56. The zero-order valence-electron chi connectivity index (χ0n) is 12.9. The lowest BCUT2D eigenvalue weighted by Crippen LogP contribution is -2.00. The quantitative estimate of drug-likeness (QED) is 0.630. The largest absolute Gasteiger partial charge is 0.497 e. The molecule has 2 aromatic rings. The van der Waals surface area contributed by atoms with Crippen molar-refractivity contribution in [2.75, 3.05) is 12.4 Å². The molecule has 0 amide bonds. The molecule has 0 spiro atoms. The van der Waals surface area contributed by atoms with Crippen molar-refractivity contribution < 1.29 is 19.4 Å². The highest BCUT2D eigenvalue weighted by Crippen LogP contribution is 2.17. The number of anilines is 1. The molecule has 0 aromatic heterocycles. The van der Waals surface area contributed by atoms with Crippen LogP contribution in [0.5, 0.6) is 5.75 Å². The number of carboxylic acids is 1. The van der Waals surface area contributed by atoms with Crippen molar-refractivity contribution >= 4 is 17.4 Å². The number of aryl methyl sites for hydroxylation is 1. The Hall–Kier alpha value is -3.08. The fourth-order valence-electron chi connectivity index (χ4n) is 2.02. The van der Waals surface area contributed by atoms with Crippen LogP contribution >= 0.6 is 0 Å². The number of carbonyl (C=O) groups excluding carboxylic acids is 1. The van der Waals surface area contributed by atoms with Gasteiger partial charge in [0.1, 0.15) is 5.75 Å². The number of carbonyl (C=O) groups is 2. The minimum Gasteiger partial charge on any atom is -0.497 e. The van der Waals surface area contributed by atoms with Crippen molar-refractivity contribution in [1.82, 2.24) is 0 Å². The number of ether oxygens (including phenoxy) is 1. The van der Waals surface area contributed by atoms with Crippen LogP contribution in [0.15, 0.2) is 54.7 Å². The summed E-state index contributed by atoms with van der Waals surface area (Å²) in [6.45, 7) is 1.80. The van der Waals surface area contributed by atoms with E-state index in [4.69, 9.17) is 9.84 Å². The van der Waals surface area contributed by atoms with Gasteiger partial charge in [-0.05, 0) is 55.0 Å². The molecule has 0 heterocycles. The van der Waals surface area contributed by atoms with Gasteiger partial charge in [-0.1, -0.05) is 0 Å². The summed E-state index contributed by atoms with van der Waals surface area (Å²) >= 11 is 0. The normalized spacial score (nSPS) is 10.5. The minimum atomic E-state index is -0.968. The molecule has 2 N–H and O–H groups in total. The Bertz CT molecular complexity index is 748. The number of hydrogen-bond donors (Lipinski definition) is 2. The fourth-order valence-corrected chi connectivity index (χ4v) is 2.02. The molecular weight excluding hydrogens is 294 g/mol. The highest BCUT2D eigenvalue weighted by molar-refractivity contribution is 6.04. The van der Waals surface area contributed by atoms with Crippen LogP contribution in [0.25, 0.3) is 0 Å². The molecule has 0 saturated heterocycles. The number of carboxylic acid groups (broad SMARTS) is 1. The number of aromatic carboxylic acids is 1. The molecule has 5 nitrogen and oxygen atoms in total. The third kappa shape index (κ3) is 4.20. The van der Waals surface area contributed by atoms with E-state index in [-0.39, 0.29) is 11.3 Å². The molecule has 0 aliphatic carbocycles. The predicted octanol–water partition coefficient (Wildman–Crippen LogP) is 3.51. The number of rotatable bonds is 6. The Labute approximate surface area is 134 Å². The van der Waals surface area contributed by atoms with Crippen LogP contribution in [0.3, 0.4) is 0 Å². The summed E-state index contributed by atoms with van der Waals surface area (Å²) < 4.78 is 5.04. The molecule has 0 unspecified atom stereocenters. The van der Waals surface area contributed by atoms with Crippen LogP contribution in [-0.4, -0.2) is 24.0 Å². The van der Waals surface area contributed by atoms with Crippen molar-refractivity contribution in [3.63, 3.8) is 0 Å². The molecular formula is C18H17NO4. The molecule has 0 bridgehead atoms. The number of benzene rings is 2. The van der Waals surface area contributed by atoms with Gasteiger partial charge in [0, 0.05) is 23.5 Å². The van der Waals surface area contributed by atoms with Crippen molar-refractivity contribution in [3.8, 4) is 5.75 Å². The van der Waals surface area contributed by atoms with Gasteiger partial charge in [-0.15, -0.1) is 0 Å². The Morgan fingerprint density at radius 3 is 2.30 bits per heavy atom. The van der Waals surface area contributed by atoms with Crippen LogP contribution in [0.2, 0.25) is 0 Å². The molecule has 0 aliphatic heterocycles. The van der Waals surface area contributed by atoms with E-state index in [1.807, 2.05) is 0 Å². The maximum atomic E-state index is 12.0. The first-order valence-electron chi connectivity index (χ1n) is 6.96. The molecule has 0 saturated carbocycles. The van der Waals surface area contributed by atoms with Crippen molar-refractivity contribution in [3.05, 3.63) is 71.4 Å². The van der Waals surface area contributed by atoms with Crippen molar-refractivity contribution in [2.45, 2.75) is 6.92 Å². The first-order chi connectivity index (χ1) is 11.0. The number of nitrogens with one attached hydrogen (secondary N) is 1. The van der Waals surface area contributed by atoms with Gasteiger partial charge >= 0.3 is 5.97 Å². The first kappa shape index (κ1) is 16.3. The summed E-state index contributed by atoms with van der Waals surface area (Å²) in [4.78, 5) is 22.9. The Morgan fingerprint density at radius 1 is 1.09 bits per heavy atom. The zero-order valence-corrected chi connectivity index (χ0v) is 12.9. The van der Waals surface area contributed by atoms with Crippen LogP contribution in [0.4, 0.5) is 5.69 Å². The van der Waals surface area contributed by atoms with E-state index in [1.165, 1.54) is 18.3 Å². The summed E-state index contributed by atoms with van der Waals surface area (Å²) in [5, 5.41) is 11.9. The molecule has 23 heavy (non-hydrogen) atoms. The average molecular weight is 311 g/mol. The Balaban J connectivity index is 2.03. The number of methoxy groups -OCH3 is 1. The molecule has 0 aliphatic rings. The van der Waals surface area contributed by atoms with Gasteiger partial charge in [-0.3, -0.25) is 4.79 Å². The molecule has 0 radical (unpaired) electrons. The van der Waals surface area contributed by atoms with E-state index >= 15 is 0 Å². The maximum Gasteiger partial charge on any atom is 0.335 e. The summed E-state index contributed by atoms with van der Waals surface area (Å²) in [5.74, 6) is -0.414. The SMILES string of the molecule is COc1ccc(C(=O)/C=C/Nc2ccc(C(=O)O)cc2C)cc1. The predicted molar refractivity (Wildman–Crippen MR) is 88.2 cm³/mol. The van der Waals surface area contributed by atoms with E-state index in [0.29, 0.717) is 11.3 Å². The topological polar surface area (TPSA) is 75.6 Å². The summed E-state index contributed by atoms with van der Waals surface area (Å²) in [6.07, 6.45) is 2.96.